The van der Waals surface area contributed by atoms with Crippen molar-refractivity contribution in [3.8, 4) is 11.1 Å². The van der Waals surface area contributed by atoms with E-state index in [2.05, 4.69) is 15.8 Å². The monoisotopic (exact) mass is 428 g/mol. The third-order valence-electron chi connectivity index (χ3n) is 4.88. The fourth-order valence-electron chi connectivity index (χ4n) is 3.15. The molecule has 0 spiro atoms. The van der Waals surface area contributed by atoms with Crippen LogP contribution < -0.4 is 15.6 Å². The Kier molecular flexibility index (Phi) is 7.75. The summed E-state index contributed by atoms with van der Waals surface area (Å²) >= 11 is 0. The molecular weight excluding hydrogens is 400 g/mol. The predicted molar refractivity (Wildman–Crippen MR) is 131 cm³/mol. The van der Waals surface area contributed by atoms with Crippen molar-refractivity contribution in [3.63, 3.8) is 0 Å². The lowest BCUT2D eigenvalue weighted by atomic mass is 10.0. The molecule has 0 aromatic heterocycles. The van der Waals surface area contributed by atoms with Gasteiger partial charge in [0, 0.05) is 31.2 Å². The second-order valence-corrected chi connectivity index (χ2v) is 7.79. The van der Waals surface area contributed by atoms with Gasteiger partial charge in [-0.25, -0.2) is 5.43 Å². The number of anilines is 2. The smallest absolute Gasteiger partial charge is 0.244 e. The van der Waals surface area contributed by atoms with Gasteiger partial charge in [-0.15, -0.1) is 0 Å². The number of hydrogen-bond acceptors (Lipinski definition) is 4. The van der Waals surface area contributed by atoms with Crippen LogP contribution in [0.4, 0.5) is 11.4 Å². The normalized spacial score (nSPS) is 11.0. The second kappa shape index (κ2) is 10.9. The highest BCUT2D eigenvalue weighted by atomic mass is 16.2. The molecule has 2 amide bonds. The van der Waals surface area contributed by atoms with Crippen LogP contribution in [0, 0.1) is 0 Å². The number of carbonyl (C=O) groups excluding carboxylic acids is 2. The van der Waals surface area contributed by atoms with Crippen molar-refractivity contribution in [1.82, 2.24) is 5.43 Å². The van der Waals surface area contributed by atoms with Crippen molar-refractivity contribution in [1.29, 1.82) is 0 Å². The van der Waals surface area contributed by atoms with E-state index in [4.69, 9.17) is 0 Å². The Hall–Kier alpha value is -3.93. The quantitative estimate of drug-likeness (QED) is 0.410. The molecule has 3 aromatic rings. The summed E-state index contributed by atoms with van der Waals surface area (Å²) in [7, 11) is 3.92. The summed E-state index contributed by atoms with van der Waals surface area (Å²) in [6.45, 7) is 1.71. The van der Waals surface area contributed by atoms with Crippen LogP contribution in [0.2, 0.25) is 0 Å². The summed E-state index contributed by atoms with van der Waals surface area (Å²) in [5, 5.41) is 6.89. The largest absolute Gasteiger partial charge is 0.378 e. The Bertz CT molecular complexity index is 1070. The maximum absolute atomic E-state index is 12.2. The van der Waals surface area contributed by atoms with Crippen molar-refractivity contribution < 1.29 is 9.59 Å². The van der Waals surface area contributed by atoms with E-state index in [0.717, 1.165) is 28.1 Å². The Morgan fingerprint density at radius 1 is 0.812 bits per heavy atom. The molecule has 0 saturated carbocycles. The zero-order valence-electron chi connectivity index (χ0n) is 18.6. The first-order chi connectivity index (χ1) is 15.4. The zero-order valence-corrected chi connectivity index (χ0v) is 18.6. The molecule has 0 aliphatic heterocycles. The van der Waals surface area contributed by atoms with Crippen LogP contribution >= 0.6 is 0 Å². The summed E-state index contributed by atoms with van der Waals surface area (Å²) in [6.07, 6.45) is 0.317. The molecule has 0 saturated heterocycles. The highest BCUT2D eigenvalue weighted by Gasteiger charge is 2.07. The first kappa shape index (κ1) is 22.7. The number of rotatable bonds is 8. The minimum atomic E-state index is -0.225. The van der Waals surface area contributed by atoms with Crippen molar-refractivity contribution in [2.24, 2.45) is 5.10 Å². The highest BCUT2D eigenvalue weighted by Crippen LogP contribution is 2.19. The molecule has 0 aliphatic carbocycles. The summed E-state index contributed by atoms with van der Waals surface area (Å²) in [5.74, 6) is -0.411. The van der Waals surface area contributed by atoms with E-state index in [1.54, 1.807) is 6.92 Å². The molecule has 2 N–H and O–H groups in total. The van der Waals surface area contributed by atoms with E-state index in [1.807, 2.05) is 97.9 Å². The van der Waals surface area contributed by atoms with Crippen molar-refractivity contribution in [2.45, 2.75) is 19.8 Å². The third-order valence-corrected chi connectivity index (χ3v) is 4.88. The lowest BCUT2D eigenvalue weighted by Gasteiger charge is -2.13. The van der Waals surface area contributed by atoms with Gasteiger partial charge in [-0.05, 0) is 47.9 Å². The van der Waals surface area contributed by atoms with E-state index in [0.29, 0.717) is 5.71 Å². The van der Waals surface area contributed by atoms with Gasteiger partial charge >= 0.3 is 0 Å². The van der Waals surface area contributed by atoms with Gasteiger partial charge in [-0.2, -0.15) is 5.10 Å². The van der Waals surface area contributed by atoms with Crippen LogP contribution in [0.3, 0.4) is 0 Å². The molecule has 0 aliphatic rings. The number of amides is 2. The average Bonchev–Trinajstić information content (AvgIpc) is 2.79. The van der Waals surface area contributed by atoms with E-state index in [-0.39, 0.29) is 24.7 Å². The van der Waals surface area contributed by atoms with Gasteiger partial charge in [0.25, 0.3) is 0 Å². The number of nitrogens with one attached hydrogen (secondary N) is 2. The van der Waals surface area contributed by atoms with Gasteiger partial charge < -0.3 is 10.2 Å². The van der Waals surface area contributed by atoms with Crippen LogP contribution in [-0.4, -0.2) is 31.6 Å². The van der Waals surface area contributed by atoms with Gasteiger partial charge in [0.05, 0.1) is 12.8 Å². The molecular formula is C26H28N4O2. The molecule has 0 atom stereocenters. The summed E-state index contributed by atoms with van der Waals surface area (Å²) < 4.78 is 0. The van der Waals surface area contributed by atoms with Gasteiger partial charge in [-0.3, -0.25) is 9.59 Å². The molecule has 0 radical (unpaired) electrons. The standard InChI is InChI=1S/C26H28N4O2/c1-19(17-25(31)27-23-13-15-24(16-14-23)30(2)3)28-29-26(32)18-20-9-11-22(12-10-20)21-7-5-4-6-8-21/h4-16H,17-18H2,1-3H3,(H,27,31)(H,29,32). The van der Waals surface area contributed by atoms with Gasteiger partial charge in [-0.1, -0.05) is 54.6 Å². The zero-order chi connectivity index (χ0) is 22.9. The molecule has 164 valence electrons. The molecule has 0 bridgehead atoms. The van der Waals surface area contributed by atoms with Crippen molar-refractivity contribution >= 4 is 28.9 Å². The van der Waals surface area contributed by atoms with E-state index < -0.39 is 0 Å². The SMILES string of the molecule is CC(CC(=O)Nc1ccc(N(C)C)cc1)=NNC(=O)Cc1ccc(-c2ccccc2)cc1. The van der Waals surface area contributed by atoms with Crippen molar-refractivity contribution in [3.05, 3.63) is 84.4 Å². The van der Waals surface area contributed by atoms with Crippen LogP contribution in [0.25, 0.3) is 11.1 Å². The number of hydrogen-bond donors (Lipinski definition) is 2. The maximum atomic E-state index is 12.2. The molecule has 0 unspecified atom stereocenters. The molecule has 3 aromatic carbocycles. The first-order valence-electron chi connectivity index (χ1n) is 10.4. The van der Waals surface area contributed by atoms with E-state index in [9.17, 15) is 9.59 Å². The number of carbonyl (C=O) groups is 2. The fourth-order valence-corrected chi connectivity index (χ4v) is 3.15. The highest BCUT2D eigenvalue weighted by molar-refractivity contribution is 6.05. The van der Waals surface area contributed by atoms with Gasteiger partial charge in [0.2, 0.25) is 11.8 Å². The Labute approximate surface area is 189 Å². The average molecular weight is 429 g/mol. The molecule has 0 heterocycles. The topological polar surface area (TPSA) is 73.8 Å². The summed E-state index contributed by atoms with van der Waals surface area (Å²) in [5.41, 5.74) is 7.97. The van der Waals surface area contributed by atoms with Crippen LogP contribution in [-0.2, 0) is 16.0 Å². The van der Waals surface area contributed by atoms with Gasteiger partial charge in [0.1, 0.15) is 0 Å². The minimum absolute atomic E-state index is 0.0987. The number of benzene rings is 3. The lowest BCUT2D eigenvalue weighted by Crippen LogP contribution is -2.22. The molecule has 3 rings (SSSR count). The van der Waals surface area contributed by atoms with Crippen LogP contribution in [0.15, 0.2) is 84.0 Å². The second-order valence-electron chi connectivity index (χ2n) is 7.79. The van der Waals surface area contributed by atoms with E-state index >= 15 is 0 Å². The Morgan fingerprint density at radius 2 is 1.44 bits per heavy atom. The number of hydrazone groups is 1. The lowest BCUT2D eigenvalue weighted by molar-refractivity contribution is -0.120. The third kappa shape index (κ3) is 6.80. The van der Waals surface area contributed by atoms with Gasteiger partial charge in [0.15, 0.2) is 0 Å². The Morgan fingerprint density at radius 3 is 2.06 bits per heavy atom. The summed E-state index contributed by atoms with van der Waals surface area (Å²) in [6, 6.07) is 25.5. The van der Waals surface area contributed by atoms with E-state index in [1.165, 1.54) is 0 Å². The molecule has 6 nitrogen and oxygen atoms in total. The number of nitrogens with zero attached hydrogens (tertiary/aromatic N) is 2. The first-order valence-corrected chi connectivity index (χ1v) is 10.4. The fraction of sp³-hybridized carbons (Fsp3) is 0.192. The Balaban J connectivity index is 1.46. The van der Waals surface area contributed by atoms with Crippen LogP contribution in [0.1, 0.15) is 18.9 Å². The maximum Gasteiger partial charge on any atom is 0.244 e. The van der Waals surface area contributed by atoms with Crippen LogP contribution in [0.5, 0.6) is 0 Å². The molecule has 32 heavy (non-hydrogen) atoms. The molecule has 0 fully saturated rings. The van der Waals surface area contributed by atoms with Crippen molar-refractivity contribution in [2.75, 3.05) is 24.3 Å². The predicted octanol–water partition coefficient (Wildman–Crippen LogP) is 4.48. The molecule has 6 heteroatoms. The minimum Gasteiger partial charge on any atom is -0.378 e. The summed E-state index contributed by atoms with van der Waals surface area (Å²) in [4.78, 5) is 26.4.